The molecular formula is C16H21ClFN5OS. The minimum atomic E-state index is -0.202. The van der Waals surface area contributed by atoms with Gasteiger partial charge < -0.3 is 4.90 Å². The van der Waals surface area contributed by atoms with Crippen molar-refractivity contribution in [2.75, 3.05) is 42.9 Å². The molecule has 9 heteroatoms. The Morgan fingerprint density at radius 3 is 2.60 bits per heavy atom. The molecule has 1 aromatic carbocycles. The van der Waals surface area contributed by atoms with Gasteiger partial charge in [0.2, 0.25) is 11.0 Å². The minimum Gasteiger partial charge on any atom is -0.367 e. The van der Waals surface area contributed by atoms with Gasteiger partial charge in [0.25, 0.3) is 0 Å². The van der Waals surface area contributed by atoms with E-state index in [1.165, 1.54) is 17.4 Å². The highest BCUT2D eigenvalue weighted by Gasteiger charge is 2.21. The van der Waals surface area contributed by atoms with E-state index in [0.29, 0.717) is 30.5 Å². The Kier molecular flexibility index (Phi) is 7.10. The molecule has 2 heterocycles. The molecule has 25 heavy (non-hydrogen) atoms. The summed E-state index contributed by atoms with van der Waals surface area (Å²) in [5, 5.41) is 12.2. The van der Waals surface area contributed by atoms with E-state index in [4.69, 9.17) is 0 Å². The Morgan fingerprint density at radius 2 is 1.96 bits per heavy atom. The maximum atomic E-state index is 13.8. The van der Waals surface area contributed by atoms with E-state index in [2.05, 4.69) is 20.4 Å². The van der Waals surface area contributed by atoms with Gasteiger partial charge in [-0.2, -0.15) is 0 Å². The van der Waals surface area contributed by atoms with Gasteiger partial charge in [0.05, 0.1) is 12.2 Å². The molecule has 2 aromatic rings. The Hall–Kier alpha value is -1.77. The molecule has 1 amide bonds. The van der Waals surface area contributed by atoms with Crippen LogP contribution in [-0.2, 0) is 11.2 Å². The number of anilines is 2. The number of nitrogens with zero attached hydrogens (tertiary/aromatic N) is 4. The molecule has 0 bridgehead atoms. The van der Waals surface area contributed by atoms with Crippen molar-refractivity contribution < 1.29 is 9.18 Å². The molecule has 1 aromatic heterocycles. The lowest BCUT2D eigenvalue weighted by atomic mass is 10.2. The molecule has 0 saturated carbocycles. The normalized spacial score (nSPS) is 14.9. The number of carbonyl (C=O) groups is 1. The lowest BCUT2D eigenvalue weighted by molar-refractivity contribution is -0.117. The number of rotatable bonds is 5. The number of hydrogen-bond donors (Lipinski definition) is 1. The Labute approximate surface area is 156 Å². The highest BCUT2D eigenvalue weighted by atomic mass is 35.5. The van der Waals surface area contributed by atoms with Crippen LogP contribution in [0.1, 0.15) is 11.9 Å². The van der Waals surface area contributed by atoms with Crippen LogP contribution < -0.4 is 10.2 Å². The zero-order chi connectivity index (χ0) is 16.9. The summed E-state index contributed by atoms with van der Waals surface area (Å²) in [5.41, 5.74) is 0.627. The molecule has 1 N–H and O–H groups in total. The first-order chi connectivity index (χ1) is 11.7. The summed E-state index contributed by atoms with van der Waals surface area (Å²) in [4.78, 5) is 16.2. The van der Waals surface area contributed by atoms with Crippen LogP contribution in [0.2, 0.25) is 0 Å². The number of piperazine rings is 1. The zero-order valence-electron chi connectivity index (χ0n) is 13.9. The number of nitrogens with one attached hydrogen (secondary N) is 1. The first kappa shape index (κ1) is 19.6. The van der Waals surface area contributed by atoms with Crippen LogP contribution in [0, 0.1) is 5.82 Å². The van der Waals surface area contributed by atoms with E-state index < -0.39 is 0 Å². The van der Waals surface area contributed by atoms with Gasteiger partial charge in [-0.1, -0.05) is 30.4 Å². The summed E-state index contributed by atoms with van der Waals surface area (Å²) in [6, 6.07) is 6.79. The van der Waals surface area contributed by atoms with Crippen LogP contribution in [0.15, 0.2) is 24.3 Å². The molecule has 136 valence electrons. The molecule has 6 nitrogen and oxygen atoms in total. The van der Waals surface area contributed by atoms with E-state index in [-0.39, 0.29) is 24.1 Å². The summed E-state index contributed by atoms with van der Waals surface area (Å²) >= 11 is 1.40. The average Bonchev–Trinajstić information content (AvgIpc) is 3.03. The second kappa shape index (κ2) is 9.07. The third-order valence-corrected chi connectivity index (χ3v) is 4.93. The topological polar surface area (TPSA) is 61.4 Å². The highest BCUT2D eigenvalue weighted by Crippen LogP contribution is 2.20. The number of carbonyl (C=O) groups excluding carboxylic acids is 1. The number of hydrogen-bond acceptors (Lipinski definition) is 6. The van der Waals surface area contributed by atoms with Crippen LogP contribution in [0.25, 0.3) is 0 Å². The molecule has 0 radical (unpaired) electrons. The van der Waals surface area contributed by atoms with Gasteiger partial charge in [-0.15, -0.1) is 22.6 Å². The zero-order valence-corrected chi connectivity index (χ0v) is 15.6. The summed E-state index contributed by atoms with van der Waals surface area (Å²) < 4.78 is 13.8. The quantitative estimate of drug-likeness (QED) is 0.856. The second-order valence-electron chi connectivity index (χ2n) is 5.62. The van der Waals surface area contributed by atoms with Gasteiger partial charge in [0, 0.05) is 26.2 Å². The third-order valence-electron chi connectivity index (χ3n) is 3.95. The van der Waals surface area contributed by atoms with Crippen LogP contribution >= 0.6 is 23.7 Å². The fourth-order valence-electron chi connectivity index (χ4n) is 2.66. The Morgan fingerprint density at radius 1 is 1.24 bits per heavy atom. The first-order valence-electron chi connectivity index (χ1n) is 7.99. The number of benzene rings is 1. The van der Waals surface area contributed by atoms with Gasteiger partial charge in [-0.3, -0.25) is 15.0 Å². The van der Waals surface area contributed by atoms with Crippen molar-refractivity contribution >= 4 is 40.5 Å². The number of halogens is 2. The van der Waals surface area contributed by atoms with E-state index in [1.807, 2.05) is 17.9 Å². The first-order valence-corrected chi connectivity index (χ1v) is 8.81. The predicted octanol–water partition coefficient (Wildman–Crippen LogP) is 2.42. The Balaban J connectivity index is 0.00000225. The van der Waals surface area contributed by atoms with Crippen LogP contribution in [-0.4, -0.2) is 53.7 Å². The fraction of sp³-hybridized carbons (Fsp3) is 0.438. The second-order valence-corrected chi connectivity index (χ2v) is 6.68. The van der Waals surface area contributed by atoms with E-state index in [9.17, 15) is 9.18 Å². The average molecular weight is 386 g/mol. The third kappa shape index (κ3) is 5.10. The van der Waals surface area contributed by atoms with E-state index in [1.54, 1.807) is 12.1 Å². The van der Waals surface area contributed by atoms with Crippen molar-refractivity contribution in [1.82, 2.24) is 15.1 Å². The largest absolute Gasteiger partial charge is 0.367 e. The van der Waals surface area contributed by atoms with Crippen molar-refractivity contribution in [3.63, 3.8) is 0 Å². The maximum Gasteiger partial charge on any atom is 0.240 e. The van der Waals surface area contributed by atoms with Crippen molar-refractivity contribution in [1.29, 1.82) is 0 Å². The van der Waals surface area contributed by atoms with Crippen molar-refractivity contribution in [3.8, 4) is 0 Å². The summed E-state index contributed by atoms with van der Waals surface area (Å²) in [7, 11) is 0. The molecule has 1 aliphatic rings. The maximum absolute atomic E-state index is 13.8. The molecular weight excluding hydrogens is 365 g/mol. The standard InChI is InChI=1S/C16H20FN5OS.ClH/c1-2-15-19-20-16(24-15)18-14(23)11-21-7-9-22(10-8-21)13-6-4-3-5-12(13)17;/h3-6H,2,7-11H2,1H3,(H,18,20,23);1H. The summed E-state index contributed by atoms with van der Waals surface area (Å²) in [6.45, 7) is 5.16. The molecule has 1 fully saturated rings. The summed E-state index contributed by atoms with van der Waals surface area (Å²) in [5.74, 6) is -0.292. The number of amides is 1. The molecule has 1 saturated heterocycles. The van der Waals surface area contributed by atoms with E-state index in [0.717, 1.165) is 24.5 Å². The molecule has 0 spiro atoms. The highest BCUT2D eigenvalue weighted by molar-refractivity contribution is 7.15. The van der Waals surface area contributed by atoms with Gasteiger partial charge >= 0.3 is 0 Å². The molecule has 0 unspecified atom stereocenters. The molecule has 0 atom stereocenters. The number of aromatic nitrogens is 2. The van der Waals surface area contributed by atoms with Gasteiger partial charge in [0.15, 0.2) is 0 Å². The minimum absolute atomic E-state index is 0. The Bertz CT molecular complexity index is 705. The number of aryl methyl sites for hydroxylation is 1. The van der Waals surface area contributed by atoms with Gasteiger partial charge in [-0.25, -0.2) is 4.39 Å². The van der Waals surface area contributed by atoms with Crippen LogP contribution in [0.3, 0.4) is 0 Å². The van der Waals surface area contributed by atoms with Crippen molar-refractivity contribution in [3.05, 3.63) is 35.1 Å². The van der Waals surface area contributed by atoms with Crippen LogP contribution in [0.4, 0.5) is 15.2 Å². The SMILES string of the molecule is CCc1nnc(NC(=O)CN2CCN(c3ccccc3F)CC2)s1.Cl. The fourth-order valence-corrected chi connectivity index (χ4v) is 3.36. The number of para-hydroxylation sites is 1. The lowest BCUT2D eigenvalue weighted by Gasteiger charge is -2.35. The molecule has 1 aliphatic heterocycles. The molecule has 0 aliphatic carbocycles. The summed E-state index contributed by atoms with van der Waals surface area (Å²) in [6.07, 6.45) is 0.811. The lowest BCUT2D eigenvalue weighted by Crippen LogP contribution is -2.48. The molecule has 3 rings (SSSR count). The van der Waals surface area contributed by atoms with Crippen molar-refractivity contribution in [2.45, 2.75) is 13.3 Å². The predicted molar refractivity (Wildman–Crippen MR) is 100 cm³/mol. The van der Waals surface area contributed by atoms with Gasteiger partial charge in [0.1, 0.15) is 10.8 Å². The smallest absolute Gasteiger partial charge is 0.240 e. The van der Waals surface area contributed by atoms with Crippen LogP contribution in [0.5, 0.6) is 0 Å². The van der Waals surface area contributed by atoms with Crippen molar-refractivity contribution in [2.24, 2.45) is 0 Å². The monoisotopic (exact) mass is 385 g/mol. The van der Waals surface area contributed by atoms with E-state index >= 15 is 0 Å². The van der Waals surface area contributed by atoms with Gasteiger partial charge in [-0.05, 0) is 18.6 Å².